The monoisotopic (exact) mass is 280 g/mol. The molecule has 2 nitrogen and oxygen atoms in total. The highest BCUT2D eigenvalue weighted by molar-refractivity contribution is 5.90. The first-order valence-corrected chi connectivity index (χ1v) is 7.48. The van der Waals surface area contributed by atoms with Crippen LogP contribution in [0.3, 0.4) is 0 Å². The molecule has 21 heavy (non-hydrogen) atoms. The van der Waals surface area contributed by atoms with Crippen molar-refractivity contribution < 1.29 is 4.42 Å². The summed E-state index contributed by atoms with van der Waals surface area (Å²) in [6, 6.07) is 11.8. The van der Waals surface area contributed by atoms with Gasteiger partial charge in [0.2, 0.25) is 5.43 Å². The molecule has 1 heterocycles. The quantitative estimate of drug-likeness (QED) is 0.604. The van der Waals surface area contributed by atoms with Gasteiger partial charge in [-0.25, -0.2) is 0 Å². The zero-order valence-corrected chi connectivity index (χ0v) is 12.9. The first-order valence-electron chi connectivity index (χ1n) is 7.48. The lowest BCUT2D eigenvalue weighted by atomic mass is 9.99. The summed E-state index contributed by atoms with van der Waals surface area (Å²) in [5, 5.41) is 1.33. The highest BCUT2D eigenvalue weighted by Crippen LogP contribution is 2.25. The molecule has 0 N–H and O–H groups in total. The summed E-state index contributed by atoms with van der Waals surface area (Å²) < 4.78 is 5.95. The van der Waals surface area contributed by atoms with Crippen LogP contribution in [-0.4, -0.2) is 0 Å². The van der Waals surface area contributed by atoms with Crippen LogP contribution >= 0.6 is 0 Å². The molecule has 0 amide bonds. The first-order chi connectivity index (χ1) is 9.97. The van der Waals surface area contributed by atoms with Crippen molar-refractivity contribution in [2.24, 2.45) is 0 Å². The Bertz CT molecular complexity index is 870. The van der Waals surface area contributed by atoms with Crippen LogP contribution in [0.25, 0.3) is 21.9 Å². The molecule has 0 radical (unpaired) electrons. The average Bonchev–Trinajstić information content (AvgIpc) is 2.46. The lowest BCUT2D eigenvalue weighted by molar-refractivity contribution is 0.657. The second kappa shape index (κ2) is 5.03. The third-order valence-corrected chi connectivity index (χ3v) is 4.05. The van der Waals surface area contributed by atoms with Crippen molar-refractivity contribution in [3.63, 3.8) is 0 Å². The van der Waals surface area contributed by atoms with E-state index in [0.29, 0.717) is 33.8 Å². The molecule has 0 saturated heterocycles. The van der Waals surface area contributed by atoms with Gasteiger partial charge in [0.25, 0.3) is 0 Å². The smallest absolute Gasteiger partial charge is 0.200 e. The summed E-state index contributed by atoms with van der Waals surface area (Å²) in [4.78, 5) is 12.7. The minimum atomic E-state index is 0.0593. The van der Waals surface area contributed by atoms with Gasteiger partial charge in [0.15, 0.2) is 0 Å². The first kappa shape index (κ1) is 13.9. The predicted molar refractivity (Wildman–Crippen MR) is 88.2 cm³/mol. The van der Waals surface area contributed by atoms with Gasteiger partial charge in [-0.3, -0.25) is 4.79 Å². The van der Waals surface area contributed by atoms with Gasteiger partial charge in [-0.2, -0.15) is 0 Å². The Balaban J connectivity index is 2.34. The molecule has 3 aromatic rings. The van der Waals surface area contributed by atoms with Crippen LogP contribution in [0, 0.1) is 0 Å². The van der Waals surface area contributed by atoms with Gasteiger partial charge in [0.1, 0.15) is 11.2 Å². The Morgan fingerprint density at radius 2 is 1.38 bits per heavy atom. The molecular weight excluding hydrogens is 260 g/mol. The molecular formula is C19H20O2. The highest BCUT2D eigenvalue weighted by atomic mass is 16.3. The molecule has 2 heteroatoms. The van der Waals surface area contributed by atoms with E-state index in [9.17, 15) is 4.79 Å². The lowest BCUT2D eigenvalue weighted by Crippen LogP contribution is -2.03. The Labute approximate surface area is 124 Å². The molecule has 0 aliphatic rings. The maximum atomic E-state index is 12.7. The van der Waals surface area contributed by atoms with Gasteiger partial charge in [0, 0.05) is 0 Å². The minimum Gasteiger partial charge on any atom is -0.456 e. The van der Waals surface area contributed by atoms with Gasteiger partial charge in [-0.15, -0.1) is 0 Å². The van der Waals surface area contributed by atoms with E-state index in [4.69, 9.17) is 4.42 Å². The van der Waals surface area contributed by atoms with Crippen LogP contribution in [0.4, 0.5) is 0 Å². The van der Waals surface area contributed by atoms with Crippen molar-refractivity contribution in [3.05, 3.63) is 57.7 Å². The van der Waals surface area contributed by atoms with Crippen molar-refractivity contribution in [1.29, 1.82) is 0 Å². The number of fused-ring (bicyclic) bond motifs is 2. The van der Waals surface area contributed by atoms with Crippen LogP contribution in [0.1, 0.15) is 50.7 Å². The lowest BCUT2D eigenvalue weighted by Gasteiger charge is -2.09. The van der Waals surface area contributed by atoms with Gasteiger partial charge in [-0.1, -0.05) is 39.8 Å². The molecule has 0 aliphatic carbocycles. The fourth-order valence-electron chi connectivity index (χ4n) is 2.61. The maximum Gasteiger partial charge on any atom is 0.200 e. The fourth-order valence-corrected chi connectivity index (χ4v) is 2.61. The zero-order valence-electron chi connectivity index (χ0n) is 12.9. The summed E-state index contributed by atoms with van der Waals surface area (Å²) in [5.41, 5.74) is 3.75. The van der Waals surface area contributed by atoms with E-state index >= 15 is 0 Å². The predicted octanol–water partition coefficient (Wildman–Crippen LogP) is 5.19. The molecule has 1 aromatic heterocycles. The normalized spacial score (nSPS) is 11.9. The molecule has 2 aromatic carbocycles. The summed E-state index contributed by atoms with van der Waals surface area (Å²) >= 11 is 0. The Hall–Kier alpha value is -2.09. The molecule has 0 aliphatic heterocycles. The summed E-state index contributed by atoms with van der Waals surface area (Å²) in [5.74, 6) is 0.812. The van der Waals surface area contributed by atoms with Crippen molar-refractivity contribution in [1.82, 2.24) is 0 Å². The van der Waals surface area contributed by atoms with Crippen LogP contribution in [0.15, 0.2) is 45.6 Å². The Morgan fingerprint density at radius 1 is 0.762 bits per heavy atom. The summed E-state index contributed by atoms with van der Waals surface area (Å²) in [7, 11) is 0. The third-order valence-electron chi connectivity index (χ3n) is 4.05. The largest absolute Gasteiger partial charge is 0.456 e. The zero-order chi connectivity index (χ0) is 15.1. The number of rotatable bonds is 2. The molecule has 0 saturated carbocycles. The third kappa shape index (κ3) is 2.35. The second-order valence-corrected chi connectivity index (χ2v) is 6.25. The van der Waals surface area contributed by atoms with E-state index < -0.39 is 0 Å². The minimum absolute atomic E-state index is 0.0593. The second-order valence-electron chi connectivity index (χ2n) is 6.25. The van der Waals surface area contributed by atoms with E-state index in [-0.39, 0.29) is 5.43 Å². The SMILES string of the molecule is CC(C)c1ccc2c(=O)c3cc(C(C)C)ccc3oc2c1. The topological polar surface area (TPSA) is 30.2 Å². The molecule has 0 atom stereocenters. The van der Waals surface area contributed by atoms with Gasteiger partial charge in [-0.05, 0) is 47.2 Å². The van der Waals surface area contributed by atoms with Gasteiger partial charge in [0.05, 0.1) is 10.8 Å². The number of benzene rings is 2. The molecule has 0 unspecified atom stereocenters. The standard InChI is InChI=1S/C19H20O2/c1-11(2)13-6-8-17-16(9-13)19(20)15-7-5-14(12(3)4)10-18(15)21-17/h5-12H,1-4H3. The van der Waals surface area contributed by atoms with Crippen LogP contribution in [0.5, 0.6) is 0 Å². The summed E-state index contributed by atoms with van der Waals surface area (Å²) in [6.07, 6.45) is 0. The van der Waals surface area contributed by atoms with E-state index in [2.05, 4.69) is 27.7 Å². The van der Waals surface area contributed by atoms with E-state index in [1.807, 2.05) is 36.4 Å². The average molecular weight is 280 g/mol. The summed E-state index contributed by atoms with van der Waals surface area (Å²) in [6.45, 7) is 8.52. The maximum absolute atomic E-state index is 12.7. The van der Waals surface area contributed by atoms with E-state index in [1.165, 1.54) is 5.56 Å². The van der Waals surface area contributed by atoms with Gasteiger partial charge >= 0.3 is 0 Å². The van der Waals surface area contributed by atoms with E-state index in [1.54, 1.807) is 0 Å². The molecule has 108 valence electrons. The molecule has 0 fully saturated rings. The van der Waals surface area contributed by atoms with Crippen LogP contribution < -0.4 is 5.43 Å². The van der Waals surface area contributed by atoms with Gasteiger partial charge < -0.3 is 4.42 Å². The highest BCUT2D eigenvalue weighted by Gasteiger charge is 2.11. The van der Waals surface area contributed by atoms with Crippen LogP contribution in [-0.2, 0) is 0 Å². The van der Waals surface area contributed by atoms with E-state index in [0.717, 1.165) is 5.56 Å². The molecule has 0 spiro atoms. The van der Waals surface area contributed by atoms with Crippen LogP contribution in [0.2, 0.25) is 0 Å². The molecule has 3 rings (SSSR count). The number of hydrogen-bond acceptors (Lipinski definition) is 2. The Morgan fingerprint density at radius 3 is 2.05 bits per heavy atom. The molecule has 0 bridgehead atoms. The van der Waals surface area contributed by atoms with Crippen molar-refractivity contribution in [2.45, 2.75) is 39.5 Å². The Kier molecular flexibility index (Phi) is 3.32. The van der Waals surface area contributed by atoms with Crippen molar-refractivity contribution in [3.8, 4) is 0 Å². The van der Waals surface area contributed by atoms with Crippen molar-refractivity contribution in [2.75, 3.05) is 0 Å². The fraction of sp³-hybridized carbons (Fsp3) is 0.316. The van der Waals surface area contributed by atoms with Crippen molar-refractivity contribution >= 4 is 21.9 Å². The number of hydrogen-bond donors (Lipinski definition) is 0.